The van der Waals surface area contributed by atoms with Gasteiger partial charge in [-0.05, 0) is 37.3 Å². The lowest BCUT2D eigenvalue weighted by Crippen LogP contribution is -2.27. The zero-order valence-corrected chi connectivity index (χ0v) is 12.1. The van der Waals surface area contributed by atoms with Crippen molar-refractivity contribution in [2.45, 2.75) is 39.5 Å². The lowest BCUT2D eigenvalue weighted by atomic mass is 9.96. The van der Waals surface area contributed by atoms with Gasteiger partial charge in [-0.2, -0.15) is 0 Å². The zero-order chi connectivity index (χ0) is 15.0. The van der Waals surface area contributed by atoms with Gasteiger partial charge in [0.25, 0.3) is 5.91 Å². The van der Waals surface area contributed by atoms with Crippen LogP contribution in [0.15, 0.2) is 18.3 Å². The third-order valence-electron chi connectivity index (χ3n) is 3.41. The van der Waals surface area contributed by atoms with Gasteiger partial charge < -0.3 is 10.4 Å². The minimum Gasteiger partial charge on any atom is -0.481 e. The molecule has 2 N–H and O–H groups in total. The molecule has 1 atom stereocenters. The molecule has 0 saturated heterocycles. The fourth-order valence-electron chi connectivity index (χ4n) is 2.08. The predicted octanol–water partition coefficient (Wildman–Crippen LogP) is 2.40. The van der Waals surface area contributed by atoms with Crippen molar-refractivity contribution in [2.75, 3.05) is 6.54 Å². The number of aryl methyl sites for hydroxylation is 1. The molecule has 0 radical (unpaired) electrons. The Bertz CT molecular complexity index is 460. The second kappa shape index (κ2) is 8.30. The minimum absolute atomic E-state index is 0.170. The van der Waals surface area contributed by atoms with Crippen molar-refractivity contribution in [1.82, 2.24) is 10.3 Å². The Kier molecular flexibility index (Phi) is 6.70. The van der Waals surface area contributed by atoms with Crippen LogP contribution in [0, 0.1) is 12.8 Å². The van der Waals surface area contributed by atoms with Gasteiger partial charge in [0.2, 0.25) is 0 Å². The van der Waals surface area contributed by atoms with Gasteiger partial charge >= 0.3 is 5.97 Å². The van der Waals surface area contributed by atoms with Crippen LogP contribution in [0.1, 0.15) is 48.7 Å². The topological polar surface area (TPSA) is 79.3 Å². The van der Waals surface area contributed by atoms with Crippen molar-refractivity contribution in [3.63, 3.8) is 0 Å². The molecule has 5 heteroatoms. The SMILES string of the molecule is CCC(CCNC(=O)c1ncccc1C)CCC(=O)O. The van der Waals surface area contributed by atoms with Crippen LogP contribution in [-0.4, -0.2) is 28.5 Å². The van der Waals surface area contributed by atoms with Gasteiger partial charge in [0, 0.05) is 19.2 Å². The lowest BCUT2D eigenvalue weighted by Gasteiger charge is -2.14. The van der Waals surface area contributed by atoms with Crippen molar-refractivity contribution in [3.8, 4) is 0 Å². The third kappa shape index (κ3) is 5.38. The summed E-state index contributed by atoms with van der Waals surface area (Å²) in [7, 11) is 0. The molecule has 1 amide bonds. The highest BCUT2D eigenvalue weighted by atomic mass is 16.4. The number of carbonyl (C=O) groups excluding carboxylic acids is 1. The quantitative estimate of drug-likeness (QED) is 0.765. The van der Waals surface area contributed by atoms with Crippen LogP contribution in [0.5, 0.6) is 0 Å². The van der Waals surface area contributed by atoms with Crippen molar-refractivity contribution in [2.24, 2.45) is 5.92 Å². The maximum absolute atomic E-state index is 11.9. The van der Waals surface area contributed by atoms with E-state index >= 15 is 0 Å². The van der Waals surface area contributed by atoms with Gasteiger partial charge in [-0.15, -0.1) is 0 Å². The number of aromatic nitrogens is 1. The maximum Gasteiger partial charge on any atom is 0.303 e. The van der Waals surface area contributed by atoms with Crippen LogP contribution in [0.4, 0.5) is 0 Å². The summed E-state index contributed by atoms with van der Waals surface area (Å²) < 4.78 is 0. The number of carboxylic acids is 1. The van der Waals surface area contributed by atoms with E-state index in [1.165, 1.54) is 0 Å². The van der Waals surface area contributed by atoms with E-state index in [0.717, 1.165) is 18.4 Å². The van der Waals surface area contributed by atoms with Crippen LogP contribution in [-0.2, 0) is 4.79 Å². The van der Waals surface area contributed by atoms with E-state index in [2.05, 4.69) is 10.3 Å². The van der Waals surface area contributed by atoms with Gasteiger partial charge in [0.1, 0.15) is 5.69 Å². The zero-order valence-electron chi connectivity index (χ0n) is 12.1. The molecule has 0 saturated carbocycles. The first kappa shape index (κ1) is 16.1. The second-order valence-corrected chi connectivity index (χ2v) is 4.92. The molecule has 0 spiro atoms. The van der Waals surface area contributed by atoms with Crippen LogP contribution in [0.3, 0.4) is 0 Å². The molecule has 5 nitrogen and oxygen atoms in total. The number of amides is 1. The van der Waals surface area contributed by atoms with Crippen molar-refractivity contribution in [1.29, 1.82) is 0 Å². The van der Waals surface area contributed by atoms with Crippen LogP contribution < -0.4 is 5.32 Å². The molecular formula is C15H22N2O3. The average molecular weight is 278 g/mol. The first-order valence-corrected chi connectivity index (χ1v) is 6.96. The maximum atomic E-state index is 11.9. The Morgan fingerprint density at radius 1 is 1.40 bits per heavy atom. The van der Waals surface area contributed by atoms with E-state index in [-0.39, 0.29) is 12.3 Å². The molecule has 0 aliphatic rings. The standard InChI is InChI=1S/C15H22N2O3/c1-3-12(6-7-13(18)19)8-10-17-15(20)14-11(2)5-4-9-16-14/h4-5,9,12H,3,6-8,10H2,1-2H3,(H,17,20)(H,18,19). The number of nitrogens with one attached hydrogen (secondary N) is 1. The summed E-state index contributed by atoms with van der Waals surface area (Å²) in [4.78, 5) is 26.5. The first-order valence-electron chi connectivity index (χ1n) is 6.96. The molecule has 0 bridgehead atoms. The minimum atomic E-state index is -0.767. The monoisotopic (exact) mass is 278 g/mol. The lowest BCUT2D eigenvalue weighted by molar-refractivity contribution is -0.137. The summed E-state index contributed by atoms with van der Waals surface area (Å²) in [5.74, 6) is -0.607. The van der Waals surface area contributed by atoms with Gasteiger partial charge in [0.15, 0.2) is 0 Å². The normalized spacial score (nSPS) is 11.9. The van der Waals surface area contributed by atoms with E-state index in [9.17, 15) is 9.59 Å². The van der Waals surface area contributed by atoms with Crippen LogP contribution in [0.25, 0.3) is 0 Å². The number of rotatable bonds is 8. The van der Waals surface area contributed by atoms with Gasteiger partial charge in [-0.3, -0.25) is 14.6 Å². The number of carbonyl (C=O) groups is 2. The van der Waals surface area contributed by atoms with E-state index in [1.54, 1.807) is 12.3 Å². The smallest absolute Gasteiger partial charge is 0.303 e. The summed E-state index contributed by atoms with van der Waals surface area (Å²) in [6.45, 7) is 4.44. The molecule has 20 heavy (non-hydrogen) atoms. The number of nitrogens with zero attached hydrogens (tertiary/aromatic N) is 1. The predicted molar refractivity (Wildman–Crippen MR) is 76.6 cm³/mol. The van der Waals surface area contributed by atoms with E-state index in [0.29, 0.717) is 24.6 Å². The van der Waals surface area contributed by atoms with Gasteiger partial charge in [-0.25, -0.2) is 0 Å². The number of carboxylic acid groups (broad SMARTS) is 1. The Morgan fingerprint density at radius 3 is 2.75 bits per heavy atom. The third-order valence-corrected chi connectivity index (χ3v) is 3.41. The Hall–Kier alpha value is -1.91. The van der Waals surface area contributed by atoms with Crippen molar-refractivity contribution >= 4 is 11.9 Å². The summed E-state index contributed by atoms with van der Waals surface area (Å²) >= 11 is 0. The fraction of sp³-hybridized carbons (Fsp3) is 0.533. The van der Waals surface area contributed by atoms with Crippen molar-refractivity contribution < 1.29 is 14.7 Å². The fourth-order valence-corrected chi connectivity index (χ4v) is 2.08. The van der Waals surface area contributed by atoms with E-state index < -0.39 is 5.97 Å². The highest BCUT2D eigenvalue weighted by molar-refractivity contribution is 5.93. The summed E-state index contributed by atoms with van der Waals surface area (Å²) in [6.07, 6.45) is 4.16. The summed E-state index contributed by atoms with van der Waals surface area (Å²) in [5, 5.41) is 11.5. The Labute approximate surface area is 119 Å². The molecule has 1 unspecified atom stereocenters. The van der Waals surface area contributed by atoms with E-state index in [1.807, 2.05) is 19.9 Å². The number of hydrogen-bond donors (Lipinski definition) is 2. The summed E-state index contributed by atoms with van der Waals surface area (Å²) in [5.41, 5.74) is 1.30. The average Bonchev–Trinajstić information content (AvgIpc) is 2.42. The molecule has 1 rings (SSSR count). The van der Waals surface area contributed by atoms with Gasteiger partial charge in [0.05, 0.1) is 0 Å². The highest BCUT2D eigenvalue weighted by Crippen LogP contribution is 2.14. The molecule has 110 valence electrons. The molecular weight excluding hydrogens is 256 g/mol. The number of hydrogen-bond acceptors (Lipinski definition) is 3. The molecule has 0 aromatic carbocycles. The Morgan fingerprint density at radius 2 is 2.15 bits per heavy atom. The Balaban J connectivity index is 2.37. The molecule has 1 aromatic rings. The largest absolute Gasteiger partial charge is 0.481 e. The van der Waals surface area contributed by atoms with Crippen LogP contribution in [0.2, 0.25) is 0 Å². The molecule has 0 fully saturated rings. The molecule has 1 heterocycles. The molecule has 0 aliphatic carbocycles. The summed E-state index contributed by atoms with van der Waals surface area (Å²) in [6, 6.07) is 3.65. The second-order valence-electron chi connectivity index (χ2n) is 4.92. The van der Waals surface area contributed by atoms with Crippen LogP contribution >= 0.6 is 0 Å². The molecule has 1 aromatic heterocycles. The van der Waals surface area contributed by atoms with E-state index in [4.69, 9.17) is 5.11 Å². The number of pyridine rings is 1. The van der Waals surface area contributed by atoms with Crippen molar-refractivity contribution in [3.05, 3.63) is 29.6 Å². The number of aliphatic carboxylic acids is 1. The van der Waals surface area contributed by atoms with Gasteiger partial charge in [-0.1, -0.05) is 19.4 Å². The first-order chi connectivity index (χ1) is 9.54. The molecule has 0 aliphatic heterocycles. The highest BCUT2D eigenvalue weighted by Gasteiger charge is 2.12.